The van der Waals surface area contributed by atoms with Crippen molar-refractivity contribution in [1.29, 1.82) is 0 Å². The van der Waals surface area contributed by atoms with Crippen LogP contribution in [-0.2, 0) is 70.5 Å². The molecular formula is C107H116BrN33O4S5. The molecule has 1 atom stereocenters. The van der Waals surface area contributed by atoms with Crippen molar-refractivity contribution in [3.63, 3.8) is 0 Å². The molecule has 43 heteroatoms. The van der Waals surface area contributed by atoms with Crippen molar-refractivity contribution in [2.24, 2.45) is 23.7 Å². The van der Waals surface area contributed by atoms with Crippen molar-refractivity contribution < 1.29 is 19.2 Å². The maximum absolute atomic E-state index is 12.0. The second-order valence-corrected chi connectivity index (χ2v) is 43.0. The molecule has 4 aliphatic carbocycles. The Morgan fingerprint density at radius 2 is 0.913 bits per heavy atom. The highest BCUT2D eigenvalue weighted by molar-refractivity contribution is 9.10. The predicted molar refractivity (Wildman–Crippen MR) is 585 cm³/mol. The van der Waals surface area contributed by atoms with Crippen LogP contribution < -0.4 is 31.5 Å². The van der Waals surface area contributed by atoms with Crippen LogP contribution in [0.2, 0.25) is 0 Å². The molecule has 37 nitrogen and oxygen atoms in total. The fourth-order valence-electron chi connectivity index (χ4n) is 16.3. The van der Waals surface area contributed by atoms with Gasteiger partial charge in [0.25, 0.3) is 0 Å². The summed E-state index contributed by atoms with van der Waals surface area (Å²) in [4.78, 5) is 152. The van der Waals surface area contributed by atoms with E-state index in [4.69, 9.17) is 4.98 Å². The Bertz CT molecular complexity index is 7230. The first-order valence-electron chi connectivity index (χ1n) is 50.6. The van der Waals surface area contributed by atoms with Gasteiger partial charge in [-0.05, 0) is 281 Å². The fourth-order valence-corrected chi connectivity index (χ4v) is 20.0. The number of hydrogen-bond acceptors (Lipinski definition) is 40. The van der Waals surface area contributed by atoms with Gasteiger partial charge in [0.1, 0.15) is 63.6 Å². The van der Waals surface area contributed by atoms with Crippen LogP contribution in [0, 0.1) is 44.4 Å². The molecule has 0 spiro atoms. The van der Waals surface area contributed by atoms with Crippen molar-refractivity contribution in [2.75, 3.05) is 77.8 Å². The van der Waals surface area contributed by atoms with Crippen LogP contribution in [0.3, 0.4) is 0 Å². The van der Waals surface area contributed by atoms with Crippen LogP contribution in [0.4, 0.5) is 64.4 Å². The Morgan fingerprint density at radius 3 is 1.35 bits per heavy atom. The SMILES string of the molecule is CCc1nc(Nc2ccc(Br)cn2)nc(Sc2ccc(CC(=O)C3CC3)cc2)n1.CCc1nc(Nc2nc3ccccc3[nH]2)nc(Sc2ccc(CC(=O)C3CC3)cc2)n1.CCc1nc(Nc2nccc(C)n2)nc(Sc2ccc(CC(=O)C3CC3)cc2)n1.CCc1nc(Nc2nncs2)nc(Sc2ccc(CC(=O)C3CC3)cc2)n1.Cc1nc(Nc2n[nH]c(C)c2C(c2cccnc2)N2CCCCC2)nc(N2CCN(C)CC2)n1. The maximum Gasteiger partial charge on any atom is 0.233 e. The number of piperidine rings is 1. The quantitative estimate of drug-likeness (QED) is 0.0189. The number of nitrogens with one attached hydrogen (secondary N) is 7. The number of hydrogen-bond donors (Lipinski definition) is 7. The number of imidazole rings is 1. The smallest absolute Gasteiger partial charge is 0.233 e. The van der Waals surface area contributed by atoms with Gasteiger partial charge < -0.3 is 25.4 Å². The van der Waals surface area contributed by atoms with E-state index in [2.05, 4.69) is 197 Å². The Hall–Kier alpha value is -14.0. The fraction of sp³-hybridized carbons (Fsp3) is 0.355. The van der Waals surface area contributed by atoms with Gasteiger partial charge in [0, 0.05) is 167 Å². The van der Waals surface area contributed by atoms with E-state index in [1.54, 1.807) is 17.9 Å². The van der Waals surface area contributed by atoms with Crippen molar-refractivity contribution in [1.82, 2.24) is 135 Å². The van der Waals surface area contributed by atoms with E-state index in [9.17, 15) is 19.2 Å². The number of H-pyrrole nitrogens is 2. The van der Waals surface area contributed by atoms with Crippen molar-refractivity contribution >= 4 is 173 Å². The number of ketones is 4. The lowest BCUT2D eigenvalue weighted by atomic mass is 9.95. The van der Waals surface area contributed by atoms with Crippen LogP contribution >= 0.6 is 74.3 Å². The summed E-state index contributed by atoms with van der Waals surface area (Å²) in [5.41, 5.74) is 11.9. The molecule has 5 aromatic carbocycles. The zero-order valence-electron chi connectivity index (χ0n) is 84.6. The summed E-state index contributed by atoms with van der Waals surface area (Å²) in [5.74, 6) is 11.7. The molecule has 16 aromatic rings. The average Bonchev–Trinajstić information content (AvgIpc) is 1.62. The molecule has 1 unspecified atom stereocenters. The highest BCUT2D eigenvalue weighted by Crippen LogP contribution is 2.41. The summed E-state index contributed by atoms with van der Waals surface area (Å²) in [5, 5.41) is 34.5. The number of pyridine rings is 2. The average molecular weight is 2170 g/mol. The second kappa shape index (κ2) is 51.5. The van der Waals surface area contributed by atoms with Crippen molar-refractivity contribution in [3.05, 3.63) is 260 Å². The number of Topliss-reactive ketones (excluding diaryl/α,β-unsaturated/α-hetero) is 4. The highest BCUT2D eigenvalue weighted by Gasteiger charge is 2.35. The third-order valence-corrected chi connectivity index (χ3v) is 29.6. The largest absolute Gasteiger partial charge is 0.338 e. The molecule has 11 aromatic heterocycles. The molecule has 6 fully saturated rings. The van der Waals surface area contributed by atoms with Gasteiger partial charge >= 0.3 is 0 Å². The Morgan fingerprint density at radius 1 is 0.440 bits per heavy atom. The summed E-state index contributed by atoms with van der Waals surface area (Å²) in [6.07, 6.45) is 24.2. The second-order valence-electron chi connectivity index (χ2n) is 37.0. The molecular weight excluding hydrogens is 2050 g/mol. The minimum atomic E-state index is 0.0651. The standard InChI is InChI=1S/C24H34N10.C23H22N6OS.C21H20BrN5OS.C21H22N6OS.C18H18N6OS2/c1-17-20(21(19-8-7-9-25-16-19)33-10-5-4-6-11-33)22(31-30-17)28-23-26-18(2)27-24(29-23)34-14-12-32(3)13-15-34;1-2-20-26-22(28-21-24-17-5-3-4-6-18(17)25-21)29-23(27-20)31-16-11-7-14(8-12-16)13-19(30)15-9-10-15;1-2-18-24-20(25-19-10-7-15(22)12-23-19)27-21(26-18)29-16-8-3-13(4-9-16)11-17(28)14-5-6-14;1-3-18-24-20(26-19-22-11-10-13(2)23-19)27-21(25-18)29-16-8-4-14(5-9-16)12-17(28)15-6-7-15;1-2-15-20-16(23-18-24-19-10-26-18)22-17(21-15)27-13-7-3-11(4-8-13)9-14(25)12-5-6-12/h7-9,16,21H,4-6,10-15H2,1-3H3,(H2,26,27,28,29,30,31);3-8,11-12,15H,2,9-10,13H2,1H3,(H2,24,25,26,27,28,29);3-4,7-10,12,14H,2,5-6,11H2,1H3,(H,23,24,25,26,27);4-5,8-11,15H,3,6-7,12H2,1-2H3,(H,22,23,24,25,26,27);3-4,7-8,10,12H,2,5-6,9H2,1H3,(H,20,21,22,23,24). The molecule has 0 bridgehead atoms. The predicted octanol–water partition coefficient (Wildman–Crippen LogP) is 20.1. The van der Waals surface area contributed by atoms with Crippen LogP contribution in [0.25, 0.3) is 11.0 Å². The van der Waals surface area contributed by atoms with Gasteiger partial charge in [-0.25, -0.2) is 39.9 Å². The summed E-state index contributed by atoms with van der Waals surface area (Å²) >= 11 is 10.6. The number of likely N-dealkylation sites (N-methyl/N-ethyl adjacent to an activating group) is 1. The number of fused-ring (bicyclic) bond motifs is 1. The molecule has 22 rings (SSSR count). The van der Waals surface area contributed by atoms with Crippen LogP contribution in [0.1, 0.15) is 178 Å². The van der Waals surface area contributed by atoms with Gasteiger partial charge in [-0.1, -0.05) is 112 Å². The minimum absolute atomic E-state index is 0.0651. The zero-order chi connectivity index (χ0) is 104. The number of anilines is 11. The number of aromatic nitrogens is 25. The number of piperazine rings is 1. The van der Waals surface area contributed by atoms with Gasteiger partial charge in [-0.2, -0.15) is 59.9 Å². The van der Waals surface area contributed by atoms with Crippen LogP contribution in [0.5, 0.6) is 0 Å². The summed E-state index contributed by atoms with van der Waals surface area (Å²) < 4.78 is 0.909. The number of carbonyl (C=O) groups is 4. The molecule has 0 radical (unpaired) electrons. The number of carbonyl (C=O) groups excluding carboxylic acids is 4. The molecule has 0 amide bonds. The van der Waals surface area contributed by atoms with E-state index in [0.717, 1.165) is 177 Å². The molecule has 150 heavy (non-hydrogen) atoms. The van der Waals surface area contributed by atoms with Gasteiger partial charge in [0.05, 0.1) is 17.1 Å². The van der Waals surface area contributed by atoms with Gasteiger partial charge in [-0.15, -0.1) is 10.2 Å². The van der Waals surface area contributed by atoms with Crippen molar-refractivity contribution in [3.8, 4) is 0 Å². The molecule has 7 N–H and O–H groups in total. The first kappa shape index (κ1) is 106. The maximum atomic E-state index is 12.0. The zero-order valence-corrected chi connectivity index (χ0v) is 90.2. The number of aryl methyl sites for hydroxylation is 7. The summed E-state index contributed by atoms with van der Waals surface area (Å²) in [7, 11) is 2.14. The van der Waals surface area contributed by atoms with Crippen LogP contribution in [0.15, 0.2) is 227 Å². The summed E-state index contributed by atoms with van der Waals surface area (Å²) in [6, 6.07) is 49.8. The molecule has 4 saturated carbocycles. The monoisotopic (exact) mass is 2170 g/mol. The van der Waals surface area contributed by atoms with Crippen molar-refractivity contribution in [2.45, 2.75) is 217 Å². The lowest BCUT2D eigenvalue weighted by molar-refractivity contribution is -0.120. The normalized spacial score (nSPS) is 14.6. The number of rotatable bonds is 38. The molecule has 2 aliphatic heterocycles. The number of halogens is 1. The van der Waals surface area contributed by atoms with E-state index in [1.165, 1.54) is 83.2 Å². The first-order valence-corrected chi connectivity index (χ1v) is 55.6. The third-order valence-electron chi connectivity index (χ3n) is 25.0. The summed E-state index contributed by atoms with van der Waals surface area (Å²) in [6.45, 7) is 19.9. The molecule has 6 aliphatic rings. The van der Waals surface area contributed by atoms with E-state index in [-0.39, 0.29) is 6.04 Å². The van der Waals surface area contributed by atoms with Crippen LogP contribution in [-0.4, -0.2) is 204 Å². The molecule has 770 valence electrons. The topological polar surface area (TPSA) is 466 Å². The lowest BCUT2D eigenvalue weighted by Crippen LogP contribution is -2.45. The lowest BCUT2D eigenvalue weighted by Gasteiger charge is -2.35. The van der Waals surface area contributed by atoms with E-state index in [0.29, 0.717) is 201 Å². The van der Waals surface area contributed by atoms with Gasteiger partial charge in [0.15, 0.2) is 26.4 Å². The minimum Gasteiger partial charge on any atom is -0.338 e. The van der Waals surface area contributed by atoms with Gasteiger partial charge in [0.2, 0.25) is 52.7 Å². The third kappa shape index (κ3) is 31.4. The number of aromatic amines is 2. The Labute approximate surface area is 898 Å². The Kier molecular flexibility index (Phi) is 36.4. The van der Waals surface area contributed by atoms with E-state index < -0.39 is 0 Å². The van der Waals surface area contributed by atoms with Gasteiger partial charge in [-0.3, -0.25) is 50.1 Å². The first-order chi connectivity index (χ1) is 73.1. The number of benzene rings is 5. The highest BCUT2D eigenvalue weighted by atomic mass is 79.9. The Balaban J connectivity index is 0.000000123. The van der Waals surface area contributed by atoms with E-state index in [1.807, 2.05) is 200 Å². The number of likely N-dealkylation sites (tertiary alicyclic amines) is 1. The number of nitrogens with zero attached hydrogens (tertiary/aromatic N) is 26. The number of para-hydroxylation sites is 2. The van der Waals surface area contributed by atoms with E-state index >= 15 is 0 Å². The molecule has 13 heterocycles. The molecule has 2 saturated heterocycles.